The minimum atomic E-state index is -3.31. The molecule has 0 aliphatic heterocycles. The average Bonchev–Trinajstić information content (AvgIpc) is 2.41. The Balaban J connectivity index is 2.48. The number of aromatic nitrogens is 2. The summed E-state index contributed by atoms with van der Waals surface area (Å²) < 4.78 is 34.1. The first kappa shape index (κ1) is 20.6. The molecule has 138 valence electrons. The smallest absolute Gasteiger partial charge is 0.356 e. The van der Waals surface area contributed by atoms with E-state index in [0.29, 0.717) is 11.4 Å². The van der Waals surface area contributed by atoms with Gasteiger partial charge in [-0.3, -0.25) is 4.57 Å². The van der Waals surface area contributed by atoms with Crippen molar-refractivity contribution in [2.45, 2.75) is 46.8 Å². The third kappa shape index (κ3) is 7.00. The van der Waals surface area contributed by atoms with Gasteiger partial charge >= 0.3 is 7.60 Å². The molecule has 0 unspecified atom stereocenters. The van der Waals surface area contributed by atoms with Crippen molar-refractivity contribution >= 4 is 19.4 Å². The maximum Gasteiger partial charge on any atom is 0.356 e. The minimum Gasteiger partial charge on any atom is -0.475 e. The molecule has 24 heavy (non-hydrogen) atoms. The Labute approximate surface area is 142 Å². The second-order valence-corrected chi connectivity index (χ2v) is 7.60. The van der Waals surface area contributed by atoms with Crippen molar-refractivity contribution in [3.8, 4) is 5.88 Å². The zero-order chi connectivity index (χ0) is 18.3. The van der Waals surface area contributed by atoms with E-state index in [1.54, 1.807) is 34.6 Å². The summed E-state index contributed by atoms with van der Waals surface area (Å²) in [4.78, 5) is 7.79. The molecule has 0 fully saturated rings. The molecule has 1 rings (SSSR count). The first-order valence-corrected chi connectivity index (χ1v) is 9.41. The van der Waals surface area contributed by atoms with E-state index >= 15 is 0 Å². The molecule has 0 aliphatic rings. The molecule has 1 heterocycles. The van der Waals surface area contributed by atoms with Gasteiger partial charge in [-0.1, -0.05) is 0 Å². The molecule has 0 aliphatic carbocycles. The highest BCUT2D eigenvalue weighted by Crippen LogP contribution is 2.50. The maximum atomic E-state index is 12.5. The second-order valence-electron chi connectivity index (χ2n) is 5.70. The molecular weight excluding hydrogens is 335 g/mol. The van der Waals surface area contributed by atoms with Gasteiger partial charge in [-0.05, 0) is 34.6 Å². The van der Waals surface area contributed by atoms with Crippen LogP contribution in [0.2, 0.25) is 0 Å². The van der Waals surface area contributed by atoms with E-state index in [0.717, 1.165) is 0 Å². The number of hydrogen-bond acceptors (Lipinski definition) is 9. The number of anilines is 2. The Bertz CT molecular complexity index is 569. The first-order valence-electron chi connectivity index (χ1n) is 7.69. The number of ether oxygens (including phenoxy) is 2. The normalized spacial score (nSPS) is 12.1. The van der Waals surface area contributed by atoms with Crippen molar-refractivity contribution < 1.29 is 23.1 Å². The zero-order valence-electron chi connectivity index (χ0n) is 14.8. The van der Waals surface area contributed by atoms with E-state index in [-0.39, 0.29) is 43.5 Å². The van der Waals surface area contributed by atoms with E-state index in [1.807, 2.05) is 0 Å². The Morgan fingerprint density at radius 1 is 1.04 bits per heavy atom. The number of rotatable bonds is 10. The van der Waals surface area contributed by atoms with Crippen molar-refractivity contribution in [1.82, 2.24) is 9.97 Å². The summed E-state index contributed by atoms with van der Waals surface area (Å²) in [6.45, 7) is 9.22. The Kier molecular flexibility index (Phi) is 7.89. The molecule has 0 spiro atoms. The molecule has 0 saturated heterocycles. The highest BCUT2D eigenvalue weighted by Gasteiger charge is 2.28. The fourth-order valence-electron chi connectivity index (χ4n) is 1.77. The number of hydrogen-bond donors (Lipinski definition) is 2. The van der Waals surface area contributed by atoms with Crippen molar-refractivity contribution in [2.24, 2.45) is 0 Å². The molecule has 9 nitrogen and oxygen atoms in total. The van der Waals surface area contributed by atoms with Crippen molar-refractivity contribution in [1.29, 1.82) is 0 Å². The van der Waals surface area contributed by atoms with Gasteiger partial charge in [0, 0.05) is 0 Å². The summed E-state index contributed by atoms with van der Waals surface area (Å²) in [7, 11) is -3.31. The highest BCUT2D eigenvalue weighted by atomic mass is 31.2. The lowest BCUT2D eigenvalue weighted by Crippen LogP contribution is -2.15. The molecule has 0 atom stereocenters. The summed E-state index contributed by atoms with van der Waals surface area (Å²) in [5.41, 5.74) is 11.8. The van der Waals surface area contributed by atoms with Crippen LogP contribution < -0.4 is 16.2 Å². The fourth-order valence-corrected chi connectivity index (χ4v) is 3.58. The monoisotopic (exact) mass is 362 g/mol. The van der Waals surface area contributed by atoms with E-state index < -0.39 is 7.60 Å². The molecule has 1 aromatic rings. The van der Waals surface area contributed by atoms with Crippen LogP contribution in [0.25, 0.3) is 0 Å². The molecule has 0 bridgehead atoms. The zero-order valence-corrected chi connectivity index (χ0v) is 15.7. The van der Waals surface area contributed by atoms with Crippen molar-refractivity contribution in [2.75, 3.05) is 31.0 Å². The van der Waals surface area contributed by atoms with Gasteiger partial charge in [0.15, 0.2) is 0 Å². The Morgan fingerprint density at radius 2 is 1.62 bits per heavy atom. The summed E-state index contributed by atoms with van der Waals surface area (Å²) >= 11 is 0. The topological polar surface area (TPSA) is 132 Å². The Morgan fingerprint density at radius 3 is 2.17 bits per heavy atom. The lowest BCUT2D eigenvalue weighted by molar-refractivity contribution is 0.0843. The standard InChI is InChI=1S/C14H27N4O5P/c1-9(2)22-24(19,23-10(3)4)8-20-6-7-21-13-11(5)12(15)17-14(16)18-13/h9-10H,6-8H2,1-5H3,(H4,15,16,17,18). The summed E-state index contributed by atoms with van der Waals surface area (Å²) in [5.74, 6) is 0.594. The molecule has 10 heteroatoms. The van der Waals surface area contributed by atoms with Crippen LogP contribution in [0.3, 0.4) is 0 Å². The Hall–Kier alpha value is -1.41. The van der Waals surface area contributed by atoms with Crippen LogP contribution in [0.4, 0.5) is 11.8 Å². The summed E-state index contributed by atoms with van der Waals surface area (Å²) in [6.07, 6.45) is -0.618. The first-order chi connectivity index (χ1) is 11.1. The molecular formula is C14H27N4O5P. The van der Waals surface area contributed by atoms with Gasteiger partial charge in [0.2, 0.25) is 11.8 Å². The van der Waals surface area contributed by atoms with Gasteiger partial charge in [-0.2, -0.15) is 9.97 Å². The molecule has 0 saturated carbocycles. The molecule has 0 aromatic carbocycles. The van der Waals surface area contributed by atoms with Crippen molar-refractivity contribution in [3.63, 3.8) is 0 Å². The molecule has 0 amide bonds. The third-order valence-electron chi connectivity index (χ3n) is 2.61. The van der Waals surface area contributed by atoms with E-state index in [2.05, 4.69) is 9.97 Å². The quantitative estimate of drug-likeness (QED) is 0.475. The fraction of sp³-hybridized carbons (Fsp3) is 0.714. The predicted molar refractivity (Wildman–Crippen MR) is 92.0 cm³/mol. The van der Waals surface area contributed by atoms with Gasteiger partial charge < -0.3 is 30.0 Å². The van der Waals surface area contributed by atoms with Crippen LogP contribution in [-0.2, 0) is 18.3 Å². The average molecular weight is 362 g/mol. The lowest BCUT2D eigenvalue weighted by Gasteiger charge is -2.22. The van der Waals surface area contributed by atoms with Crippen LogP contribution >= 0.6 is 7.60 Å². The van der Waals surface area contributed by atoms with Crippen LogP contribution in [0.5, 0.6) is 5.88 Å². The number of nitrogens with two attached hydrogens (primary N) is 2. The molecule has 0 radical (unpaired) electrons. The van der Waals surface area contributed by atoms with E-state index in [9.17, 15) is 4.57 Å². The van der Waals surface area contributed by atoms with Crippen LogP contribution in [0.15, 0.2) is 0 Å². The highest BCUT2D eigenvalue weighted by molar-refractivity contribution is 7.53. The molecule has 1 aromatic heterocycles. The predicted octanol–water partition coefficient (Wildman–Crippen LogP) is 2.35. The van der Waals surface area contributed by atoms with Gasteiger partial charge in [-0.25, -0.2) is 0 Å². The molecule has 4 N–H and O–H groups in total. The van der Waals surface area contributed by atoms with Gasteiger partial charge in [0.1, 0.15) is 18.8 Å². The number of nitrogen functional groups attached to an aromatic ring is 2. The summed E-state index contributed by atoms with van der Waals surface area (Å²) in [5, 5.41) is 0. The lowest BCUT2D eigenvalue weighted by atomic mass is 10.3. The van der Waals surface area contributed by atoms with E-state index in [1.165, 1.54) is 0 Å². The minimum absolute atomic E-state index is 0.0363. The van der Waals surface area contributed by atoms with E-state index in [4.69, 9.17) is 30.0 Å². The maximum absolute atomic E-state index is 12.5. The van der Waals surface area contributed by atoms with Crippen LogP contribution in [0.1, 0.15) is 33.3 Å². The van der Waals surface area contributed by atoms with Crippen LogP contribution in [0, 0.1) is 6.92 Å². The van der Waals surface area contributed by atoms with Crippen LogP contribution in [-0.4, -0.2) is 41.7 Å². The summed E-state index contributed by atoms with van der Waals surface area (Å²) in [6, 6.07) is 0. The third-order valence-corrected chi connectivity index (χ3v) is 4.60. The second kappa shape index (κ2) is 9.17. The van der Waals surface area contributed by atoms with Gasteiger partial charge in [-0.15, -0.1) is 0 Å². The SMILES string of the molecule is Cc1c(N)nc(N)nc1OCCOCP(=O)(OC(C)C)OC(C)C. The van der Waals surface area contributed by atoms with Gasteiger partial charge in [0.05, 0.1) is 24.4 Å². The van der Waals surface area contributed by atoms with Crippen molar-refractivity contribution in [3.05, 3.63) is 5.56 Å². The van der Waals surface area contributed by atoms with Gasteiger partial charge in [0.25, 0.3) is 0 Å². The number of nitrogens with zero attached hydrogens (tertiary/aromatic N) is 2. The largest absolute Gasteiger partial charge is 0.475 e.